The highest BCUT2D eigenvalue weighted by Crippen LogP contribution is 2.30. The molecular formula is C10H10F2N4S. The van der Waals surface area contributed by atoms with Gasteiger partial charge in [-0.25, -0.2) is 13.8 Å². The first-order valence-corrected chi connectivity index (χ1v) is 5.66. The molecule has 0 aliphatic carbocycles. The van der Waals surface area contributed by atoms with E-state index in [1.54, 1.807) is 6.92 Å². The Bertz CT molecular complexity index is 518. The molecule has 0 saturated carbocycles. The van der Waals surface area contributed by atoms with Crippen molar-refractivity contribution < 1.29 is 8.78 Å². The number of nitrogens with zero attached hydrogens (tertiary/aromatic N) is 2. The maximum Gasteiger partial charge on any atom is 0.213 e. The summed E-state index contributed by atoms with van der Waals surface area (Å²) in [7, 11) is 0. The maximum absolute atomic E-state index is 13.6. The smallest absolute Gasteiger partial charge is 0.213 e. The number of hydrogen-bond acceptors (Lipinski definition) is 4. The van der Waals surface area contributed by atoms with E-state index in [0.29, 0.717) is 11.4 Å². The highest BCUT2D eigenvalue weighted by molar-refractivity contribution is 7.99. The lowest BCUT2D eigenvalue weighted by Crippen LogP contribution is -1.99. The molecule has 0 aliphatic rings. The summed E-state index contributed by atoms with van der Waals surface area (Å²) in [6.45, 7) is 1.81. The lowest BCUT2D eigenvalue weighted by Gasteiger charge is -2.04. The summed E-state index contributed by atoms with van der Waals surface area (Å²) in [6.07, 6.45) is 0. The van der Waals surface area contributed by atoms with E-state index in [4.69, 9.17) is 5.73 Å². The second kappa shape index (κ2) is 4.80. The number of aromatic nitrogens is 3. The zero-order valence-electron chi connectivity index (χ0n) is 9.00. The number of rotatable bonds is 3. The van der Waals surface area contributed by atoms with Crippen LogP contribution in [0.5, 0.6) is 0 Å². The Morgan fingerprint density at radius 3 is 2.47 bits per heavy atom. The summed E-state index contributed by atoms with van der Waals surface area (Å²) < 4.78 is 27.2. The third-order valence-corrected chi connectivity index (χ3v) is 3.02. The molecule has 3 N–H and O–H groups in total. The molecule has 2 aromatic rings. The summed E-state index contributed by atoms with van der Waals surface area (Å²) in [5.74, 6) is -0.720. The second-order valence-electron chi connectivity index (χ2n) is 3.40. The fraction of sp³-hybridized carbons (Fsp3) is 0.200. The topological polar surface area (TPSA) is 67.6 Å². The summed E-state index contributed by atoms with van der Waals surface area (Å²) in [6, 6.07) is 2.43. The molecule has 17 heavy (non-hydrogen) atoms. The number of nitrogens with two attached hydrogens (primary N) is 1. The van der Waals surface area contributed by atoms with Crippen LogP contribution in [-0.4, -0.2) is 15.2 Å². The molecule has 0 spiro atoms. The lowest BCUT2D eigenvalue weighted by atomic mass is 10.2. The highest BCUT2D eigenvalue weighted by atomic mass is 32.2. The van der Waals surface area contributed by atoms with Crippen molar-refractivity contribution in [1.29, 1.82) is 0 Å². The molecule has 4 nitrogen and oxygen atoms in total. The van der Waals surface area contributed by atoms with Gasteiger partial charge in [0.1, 0.15) is 17.5 Å². The third kappa shape index (κ3) is 2.62. The first-order chi connectivity index (χ1) is 8.10. The highest BCUT2D eigenvalue weighted by Gasteiger charge is 2.14. The third-order valence-electron chi connectivity index (χ3n) is 2.06. The van der Waals surface area contributed by atoms with Crippen molar-refractivity contribution >= 4 is 11.8 Å². The van der Waals surface area contributed by atoms with Gasteiger partial charge in [0.15, 0.2) is 0 Å². The molecule has 0 bridgehead atoms. The van der Waals surface area contributed by atoms with E-state index in [-0.39, 0.29) is 16.6 Å². The van der Waals surface area contributed by atoms with Gasteiger partial charge in [-0.05, 0) is 36.4 Å². The van der Waals surface area contributed by atoms with Crippen molar-refractivity contribution in [3.8, 4) is 0 Å². The van der Waals surface area contributed by atoms with Crippen LogP contribution in [0.4, 0.5) is 8.78 Å². The Balaban J connectivity index is 2.33. The Labute approximate surface area is 101 Å². The average molecular weight is 256 g/mol. The minimum atomic E-state index is -0.655. The van der Waals surface area contributed by atoms with Gasteiger partial charge in [0.2, 0.25) is 5.16 Å². The first kappa shape index (κ1) is 12.0. The van der Waals surface area contributed by atoms with Gasteiger partial charge >= 0.3 is 0 Å². The SMILES string of the molecule is Cc1nc(Sc2c(F)cc(CN)cc2F)n[nH]1. The van der Waals surface area contributed by atoms with Gasteiger partial charge < -0.3 is 5.73 Å². The molecule has 0 unspecified atom stereocenters. The molecule has 90 valence electrons. The second-order valence-corrected chi connectivity index (χ2v) is 4.38. The number of aromatic amines is 1. The van der Waals surface area contributed by atoms with Crippen LogP contribution in [0.15, 0.2) is 22.2 Å². The van der Waals surface area contributed by atoms with E-state index in [9.17, 15) is 8.78 Å². The number of hydrogen-bond donors (Lipinski definition) is 2. The van der Waals surface area contributed by atoms with E-state index in [1.807, 2.05) is 0 Å². The van der Waals surface area contributed by atoms with E-state index in [2.05, 4.69) is 15.2 Å². The summed E-state index contributed by atoms with van der Waals surface area (Å²) in [5, 5.41) is 6.69. The Kier molecular flexibility index (Phi) is 3.39. The van der Waals surface area contributed by atoms with Gasteiger partial charge in [0, 0.05) is 6.54 Å². The lowest BCUT2D eigenvalue weighted by molar-refractivity contribution is 0.537. The zero-order chi connectivity index (χ0) is 12.4. The van der Waals surface area contributed by atoms with Gasteiger partial charge in [0.25, 0.3) is 0 Å². The zero-order valence-corrected chi connectivity index (χ0v) is 9.81. The molecule has 1 aromatic carbocycles. The van der Waals surface area contributed by atoms with Gasteiger partial charge in [-0.2, -0.15) is 0 Å². The van der Waals surface area contributed by atoms with Crippen LogP contribution in [-0.2, 0) is 6.54 Å². The van der Waals surface area contributed by atoms with Crippen molar-refractivity contribution in [2.45, 2.75) is 23.5 Å². The number of nitrogens with one attached hydrogen (secondary N) is 1. The van der Waals surface area contributed by atoms with Crippen molar-refractivity contribution in [2.75, 3.05) is 0 Å². The molecule has 1 heterocycles. The van der Waals surface area contributed by atoms with Crippen LogP contribution < -0.4 is 5.73 Å². The fourth-order valence-corrected chi connectivity index (χ4v) is 2.06. The Hall–Kier alpha value is -1.47. The molecule has 0 radical (unpaired) electrons. The van der Waals surface area contributed by atoms with Crippen LogP contribution in [0.1, 0.15) is 11.4 Å². The summed E-state index contributed by atoms with van der Waals surface area (Å²) in [5.41, 5.74) is 5.74. The van der Waals surface area contributed by atoms with Gasteiger partial charge in [-0.1, -0.05) is 0 Å². The predicted octanol–water partition coefficient (Wildman–Crippen LogP) is 2.00. The average Bonchev–Trinajstić information content (AvgIpc) is 2.69. The molecule has 1 aromatic heterocycles. The van der Waals surface area contributed by atoms with Crippen molar-refractivity contribution in [2.24, 2.45) is 5.73 Å². The minimum absolute atomic E-state index is 0.0958. The van der Waals surface area contributed by atoms with Crippen LogP contribution in [0, 0.1) is 18.6 Å². The van der Waals surface area contributed by atoms with Crippen molar-refractivity contribution in [3.63, 3.8) is 0 Å². The standard InChI is InChI=1S/C10H10F2N4S/c1-5-14-10(16-15-5)17-9-7(11)2-6(4-13)3-8(9)12/h2-3H,4,13H2,1H3,(H,14,15,16). The van der Waals surface area contributed by atoms with E-state index < -0.39 is 11.6 Å². The number of aryl methyl sites for hydroxylation is 1. The first-order valence-electron chi connectivity index (χ1n) is 4.85. The predicted molar refractivity (Wildman–Crippen MR) is 59.5 cm³/mol. The molecule has 0 amide bonds. The molecule has 0 atom stereocenters. The van der Waals surface area contributed by atoms with Gasteiger partial charge in [0.05, 0.1) is 4.90 Å². The summed E-state index contributed by atoms with van der Waals surface area (Å²) >= 11 is 0.837. The largest absolute Gasteiger partial charge is 0.326 e. The quantitative estimate of drug-likeness (QED) is 0.881. The van der Waals surface area contributed by atoms with Gasteiger partial charge in [-0.15, -0.1) is 5.10 Å². The van der Waals surface area contributed by atoms with Crippen LogP contribution >= 0.6 is 11.8 Å². The van der Waals surface area contributed by atoms with Gasteiger partial charge in [-0.3, -0.25) is 5.10 Å². The van der Waals surface area contributed by atoms with Crippen LogP contribution in [0.3, 0.4) is 0 Å². The molecular weight excluding hydrogens is 246 g/mol. The summed E-state index contributed by atoms with van der Waals surface area (Å²) in [4.78, 5) is 3.85. The van der Waals surface area contributed by atoms with E-state index >= 15 is 0 Å². The molecule has 0 aliphatic heterocycles. The van der Waals surface area contributed by atoms with Crippen LogP contribution in [0.25, 0.3) is 0 Å². The Morgan fingerprint density at radius 2 is 2.00 bits per heavy atom. The normalized spacial score (nSPS) is 10.8. The maximum atomic E-state index is 13.6. The Morgan fingerprint density at radius 1 is 1.35 bits per heavy atom. The fourth-order valence-electron chi connectivity index (χ4n) is 1.29. The van der Waals surface area contributed by atoms with E-state index in [1.165, 1.54) is 12.1 Å². The minimum Gasteiger partial charge on any atom is -0.326 e. The number of H-pyrrole nitrogens is 1. The van der Waals surface area contributed by atoms with E-state index in [0.717, 1.165) is 11.8 Å². The molecule has 0 saturated heterocycles. The molecule has 2 rings (SSSR count). The van der Waals surface area contributed by atoms with Crippen molar-refractivity contribution in [3.05, 3.63) is 35.2 Å². The number of halogens is 2. The van der Waals surface area contributed by atoms with Crippen molar-refractivity contribution in [1.82, 2.24) is 15.2 Å². The van der Waals surface area contributed by atoms with Crippen LogP contribution in [0.2, 0.25) is 0 Å². The monoisotopic (exact) mass is 256 g/mol. The number of benzene rings is 1. The molecule has 0 fully saturated rings. The molecule has 7 heteroatoms.